The van der Waals surface area contributed by atoms with Crippen molar-refractivity contribution in [1.82, 2.24) is 14.4 Å². The van der Waals surface area contributed by atoms with Gasteiger partial charge in [-0.05, 0) is 35.0 Å². The van der Waals surface area contributed by atoms with Crippen molar-refractivity contribution in [2.75, 3.05) is 4.90 Å². The predicted octanol–water partition coefficient (Wildman–Crippen LogP) is 9.38. The van der Waals surface area contributed by atoms with Gasteiger partial charge < -0.3 is 4.40 Å². The van der Waals surface area contributed by atoms with Crippen LogP contribution in [-0.4, -0.2) is 14.4 Å². The molecule has 0 N–H and O–H groups in total. The van der Waals surface area contributed by atoms with Gasteiger partial charge in [0, 0.05) is 32.5 Å². The number of fused-ring (bicyclic) bond motifs is 4. The van der Waals surface area contributed by atoms with Gasteiger partial charge in [0.1, 0.15) is 0 Å². The molecule has 1 aliphatic heterocycles. The summed E-state index contributed by atoms with van der Waals surface area (Å²) in [5.74, 6) is 0.684. The summed E-state index contributed by atoms with van der Waals surface area (Å²) in [6, 6.07) is 43.3. The van der Waals surface area contributed by atoms with Gasteiger partial charge in [0.25, 0.3) is 0 Å². The van der Waals surface area contributed by atoms with E-state index in [2.05, 4.69) is 131 Å². The number of para-hydroxylation sites is 4. The molecule has 6 aromatic carbocycles. The Bertz CT molecular complexity index is 2420. The summed E-state index contributed by atoms with van der Waals surface area (Å²) in [6.45, 7) is 0. The Morgan fingerprint density at radius 3 is 1.80 bits per heavy atom. The Labute approximate surface area is 228 Å². The highest BCUT2D eigenvalue weighted by molar-refractivity contribution is 6.28. The number of hydrogen-bond donors (Lipinski definition) is 0. The number of aromatic nitrogens is 3. The average molecular weight is 509 g/mol. The summed E-state index contributed by atoms with van der Waals surface area (Å²) in [4.78, 5) is 12.8. The first kappa shape index (κ1) is 20.5. The van der Waals surface area contributed by atoms with Crippen LogP contribution in [0.5, 0.6) is 0 Å². The largest absolute Gasteiger partial charge is 0.304 e. The zero-order valence-electron chi connectivity index (χ0n) is 21.3. The van der Waals surface area contributed by atoms with E-state index in [4.69, 9.17) is 9.97 Å². The molecule has 40 heavy (non-hydrogen) atoms. The van der Waals surface area contributed by atoms with Crippen LogP contribution in [0.15, 0.2) is 121 Å². The van der Waals surface area contributed by atoms with Gasteiger partial charge in [-0.1, -0.05) is 97.1 Å². The highest BCUT2D eigenvalue weighted by atomic mass is 15.3. The maximum atomic E-state index is 5.34. The molecule has 0 bridgehead atoms. The van der Waals surface area contributed by atoms with Gasteiger partial charge >= 0.3 is 0 Å². The van der Waals surface area contributed by atoms with Crippen LogP contribution in [0, 0.1) is 0 Å². The SMILES string of the molecule is c1ccc2cc(-c3nc(N4c5cccc6c7cccc8c9cccc4c9n(c56)c78)nc4ccccc34)ccc2c1. The van der Waals surface area contributed by atoms with E-state index in [-0.39, 0.29) is 0 Å². The molecule has 4 heteroatoms. The third kappa shape index (κ3) is 2.42. The predicted molar refractivity (Wildman–Crippen MR) is 165 cm³/mol. The van der Waals surface area contributed by atoms with Crippen molar-refractivity contribution in [3.8, 4) is 11.3 Å². The summed E-state index contributed by atoms with van der Waals surface area (Å²) >= 11 is 0. The molecule has 0 unspecified atom stereocenters. The van der Waals surface area contributed by atoms with Crippen molar-refractivity contribution in [2.45, 2.75) is 0 Å². The number of hydrogen-bond acceptors (Lipinski definition) is 3. The van der Waals surface area contributed by atoms with Gasteiger partial charge in [0.2, 0.25) is 5.95 Å². The molecule has 9 aromatic rings. The van der Waals surface area contributed by atoms with E-state index >= 15 is 0 Å². The minimum atomic E-state index is 0.684. The lowest BCUT2D eigenvalue weighted by Crippen LogP contribution is -2.17. The maximum absolute atomic E-state index is 5.34. The van der Waals surface area contributed by atoms with Gasteiger partial charge in [-0.3, -0.25) is 4.90 Å². The molecule has 0 amide bonds. The van der Waals surface area contributed by atoms with E-state index in [1.54, 1.807) is 0 Å². The first-order valence-electron chi connectivity index (χ1n) is 13.6. The van der Waals surface area contributed by atoms with Crippen LogP contribution in [0.2, 0.25) is 0 Å². The topological polar surface area (TPSA) is 33.4 Å². The average Bonchev–Trinajstić information content (AvgIpc) is 3.54. The molecule has 0 spiro atoms. The van der Waals surface area contributed by atoms with E-state index < -0.39 is 0 Å². The number of rotatable bonds is 2. The van der Waals surface area contributed by atoms with E-state index in [1.165, 1.54) is 48.9 Å². The van der Waals surface area contributed by atoms with Crippen molar-refractivity contribution in [3.05, 3.63) is 121 Å². The number of benzene rings is 6. The van der Waals surface area contributed by atoms with Crippen LogP contribution in [0.25, 0.3) is 71.0 Å². The lowest BCUT2D eigenvalue weighted by atomic mass is 10.0. The van der Waals surface area contributed by atoms with E-state index in [9.17, 15) is 0 Å². The summed E-state index contributed by atoms with van der Waals surface area (Å²) in [6.07, 6.45) is 0. The smallest absolute Gasteiger partial charge is 0.235 e. The van der Waals surface area contributed by atoms with Crippen molar-refractivity contribution < 1.29 is 0 Å². The first-order chi connectivity index (χ1) is 19.8. The van der Waals surface area contributed by atoms with E-state index in [0.717, 1.165) is 33.5 Å². The van der Waals surface area contributed by atoms with Gasteiger partial charge in [-0.15, -0.1) is 0 Å². The summed E-state index contributed by atoms with van der Waals surface area (Å²) in [5, 5.41) is 8.56. The lowest BCUT2D eigenvalue weighted by molar-refractivity contribution is 1.10. The van der Waals surface area contributed by atoms with Crippen LogP contribution < -0.4 is 4.90 Å². The summed E-state index contributed by atoms with van der Waals surface area (Å²) < 4.78 is 2.46. The molecule has 0 saturated carbocycles. The van der Waals surface area contributed by atoms with Crippen LogP contribution >= 0.6 is 0 Å². The van der Waals surface area contributed by atoms with Gasteiger partial charge in [-0.2, -0.15) is 0 Å². The number of nitrogens with zero attached hydrogens (tertiary/aromatic N) is 4. The minimum absolute atomic E-state index is 0.684. The Morgan fingerprint density at radius 2 is 1.05 bits per heavy atom. The zero-order chi connectivity index (χ0) is 25.9. The minimum Gasteiger partial charge on any atom is -0.304 e. The number of anilines is 3. The van der Waals surface area contributed by atoms with Crippen molar-refractivity contribution in [2.24, 2.45) is 0 Å². The third-order valence-electron chi connectivity index (χ3n) is 8.61. The third-order valence-corrected chi connectivity index (χ3v) is 8.61. The second kappa shape index (κ2) is 7.13. The second-order valence-corrected chi connectivity index (χ2v) is 10.7. The maximum Gasteiger partial charge on any atom is 0.235 e. The molecule has 184 valence electrons. The van der Waals surface area contributed by atoms with Crippen molar-refractivity contribution in [3.63, 3.8) is 0 Å². The van der Waals surface area contributed by atoms with Crippen LogP contribution in [0.3, 0.4) is 0 Å². The van der Waals surface area contributed by atoms with E-state index in [0.29, 0.717) is 5.95 Å². The highest BCUT2D eigenvalue weighted by Crippen LogP contribution is 2.51. The molecular weight excluding hydrogens is 488 g/mol. The first-order valence-corrected chi connectivity index (χ1v) is 13.6. The van der Waals surface area contributed by atoms with Crippen LogP contribution in [0.4, 0.5) is 17.3 Å². The normalized spacial score (nSPS) is 12.9. The second-order valence-electron chi connectivity index (χ2n) is 10.7. The Kier molecular flexibility index (Phi) is 3.65. The fourth-order valence-corrected chi connectivity index (χ4v) is 6.95. The molecule has 3 aromatic heterocycles. The molecule has 1 aliphatic rings. The van der Waals surface area contributed by atoms with Crippen LogP contribution in [-0.2, 0) is 0 Å². The Hall–Kier alpha value is -5.48. The van der Waals surface area contributed by atoms with E-state index in [1.807, 2.05) is 0 Å². The van der Waals surface area contributed by atoms with Gasteiger partial charge in [-0.25, -0.2) is 9.97 Å². The fraction of sp³-hybridized carbons (Fsp3) is 0. The molecular formula is C36H20N4. The molecule has 4 heterocycles. The molecule has 0 aliphatic carbocycles. The van der Waals surface area contributed by atoms with Crippen molar-refractivity contribution in [1.29, 1.82) is 0 Å². The molecule has 0 fully saturated rings. The molecule has 10 rings (SSSR count). The van der Waals surface area contributed by atoms with Gasteiger partial charge in [0.05, 0.1) is 39.1 Å². The summed E-state index contributed by atoms with van der Waals surface area (Å²) in [5.41, 5.74) is 8.89. The summed E-state index contributed by atoms with van der Waals surface area (Å²) in [7, 11) is 0. The van der Waals surface area contributed by atoms with Gasteiger partial charge in [0.15, 0.2) is 0 Å². The fourth-order valence-electron chi connectivity index (χ4n) is 6.95. The Balaban J connectivity index is 1.33. The molecule has 0 saturated heterocycles. The highest BCUT2D eigenvalue weighted by Gasteiger charge is 2.31. The molecule has 0 atom stereocenters. The van der Waals surface area contributed by atoms with Crippen LogP contribution in [0.1, 0.15) is 0 Å². The van der Waals surface area contributed by atoms with Crippen molar-refractivity contribution >= 4 is 77.1 Å². The monoisotopic (exact) mass is 508 g/mol. The molecule has 4 nitrogen and oxygen atoms in total. The zero-order valence-corrected chi connectivity index (χ0v) is 21.3. The quantitative estimate of drug-likeness (QED) is 0.233. The standard InChI is InChI=1S/C36H20N4/c1-2-9-22-20-23(19-18-21(22)8-1)32-28-10-3-4-15-29(28)37-36(38-32)39-30-16-6-13-26-24-11-5-12-25-27-14-7-17-31(39)35(27)40(33(24)25)34(26)30/h1-20H. The molecule has 0 radical (unpaired) electrons. The Morgan fingerprint density at radius 1 is 0.450 bits per heavy atom. The lowest BCUT2D eigenvalue weighted by Gasteiger charge is -2.28.